The zero-order valence-corrected chi connectivity index (χ0v) is 9.51. The third-order valence-electron chi connectivity index (χ3n) is 3.14. The first-order valence-corrected chi connectivity index (χ1v) is 5.58. The van der Waals surface area contributed by atoms with Gasteiger partial charge in [-0.15, -0.1) is 0 Å². The first-order chi connectivity index (χ1) is 6.57. The van der Waals surface area contributed by atoms with Crippen LogP contribution in [-0.2, 0) is 0 Å². The molecule has 0 amide bonds. The van der Waals surface area contributed by atoms with Crippen molar-refractivity contribution in [3.8, 4) is 0 Å². The van der Waals surface area contributed by atoms with E-state index < -0.39 is 0 Å². The highest BCUT2D eigenvalue weighted by Gasteiger charge is 2.25. The van der Waals surface area contributed by atoms with Crippen LogP contribution in [0.15, 0.2) is 16.8 Å². The Morgan fingerprint density at radius 3 is 2.79 bits per heavy atom. The molecule has 0 spiro atoms. The molecule has 2 rings (SSSR count). The third-order valence-corrected chi connectivity index (χ3v) is 3.14. The highest BCUT2D eigenvalue weighted by atomic mass is 15.2. The molecule has 2 heterocycles. The molecule has 0 aliphatic carbocycles. The number of rotatable bonds is 0. The van der Waals surface area contributed by atoms with E-state index in [2.05, 4.69) is 36.9 Å². The van der Waals surface area contributed by atoms with Crippen molar-refractivity contribution in [3.05, 3.63) is 11.8 Å². The Labute approximate surface area is 86.7 Å². The van der Waals surface area contributed by atoms with Crippen molar-refractivity contribution < 1.29 is 0 Å². The van der Waals surface area contributed by atoms with E-state index in [-0.39, 0.29) is 5.41 Å². The van der Waals surface area contributed by atoms with E-state index in [0.29, 0.717) is 0 Å². The van der Waals surface area contributed by atoms with Crippen molar-refractivity contribution in [1.82, 2.24) is 4.90 Å². The van der Waals surface area contributed by atoms with Crippen LogP contribution >= 0.6 is 0 Å². The van der Waals surface area contributed by atoms with Gasteiger partial charge in [-0.2, -0.15) is 0 Å². The number of amidine groups is 1. The Hall–Kier alpha value is -0.790. The summed E-state index contributed by atoms with van der Waals surface area (Å²) >= 11 is 0. The van der Waals surface area contributed by atoms with Gasteiger partial charge in [-0.3, -0.25) is 0 Å². The van der Waals surface area contributed by atoms with Crippen molar-refractivity contribution in [3.63, 3.8) is 0 Å². The Balaban J connectivity index is 2.18. The van der Waals surface area contributed by atoms with E-state index in [1.807, 2.05) is 0 Å². The molecule has 0 unspecified atom stereocenters. The lowest BCUT2D eigenvalue weighted by atomic mass is 9.86. The summed E-state index contributed by atoms with van der Waals surface area (Å²) in [4.78, 5) is 7.03. The standard InChI is InChI=1S/C12H20N2/c1-12(2,3)10-8-13-11-6-4-5-7-14(11)9-10/h8H,4-7,9H2,1-3H3. The number of hydrogen-bond donors (Lipinski definition) is 0. The van der Waals surface area contributed by atoms with Crippen molar-refractivity contribution in [2.75, 3.05) is 13.1 Å². The third kappa shape index (κ3) is 1.84. The van der Waals surface area contributed by atoms with Gasteiger partial charge in [0.1, 0.15) is 5.84 Å². The largest absolute Gasteiger partial charge is 0.356 e. The first-order valence-electron chi connectivity index (χ1n) is 5.58. The molecule has 0 bridgehead atoms. The number of aliphatic imine (C=N–C) groups is 1. The van der Waals surface area contributed by atoms with Crippen LogP contribution in [0.3, 0.4) is 0 Å². The van der Waals surface area contributed by atoms with Crippen LogP contribution in [0, 0.1) is 5.41 Å². The lowest BCUT2D eigenvalue weighted by molar-refractivity contribution is 0.352. The Kier molecular flexibility index (Phi) is 2.38. The maximum atomic E-state index is 4.58. The molecule has 2 nitrogen and oxygen atoms in total. The molecular formula is C12H20N2. The normalized spacial score (nSPS) is 22.6. The monoisotopic (exact) mass is 192 g/mol. The zero-order valence-electron chi connectivity index (χ0n) is 9.51. The van der Waals surface area contributed by atoms with Crippen LogP contribution in [0.1, 0.15) is 40.0 Å². The maximum absolute atomic E-state index is 4.58. The molecule has 0 aromatic rings. The molecule has 0 atom stereocenters. The average Bonchev–Trinajstić information content (AvgIpc) is 2.16. The second-order valence-electron chi connectivity index (χ2n) is 5.33. The molecule has 1 saturated heterocycles. The molecule has 2 aliphatic rings. The van der Waals surface area contributed by atoms with Crippen molar-refractivity contribution in [2.24, 2.45) is 10.4 Å². The minimum absolute atomic E-state index is 0.270. The van der Waals surface area contributed by atoms with Gasteiger partial charge in [0.2, 0.25) is 0 Å². The van der Waals surface area contributed by atoms with Crippen LogP contribution in [-0.4, -0.2) is 23.8 Å². The number of fused-ring (bicyclic) bond motifs is 1. The predicted octanol–water partition coefficient (Wildman–Crippen LogP) is 2.81. The van der Waals surface area contributed by atoms with E-state index in [4.69, 9.17) is 0 Å². The molecule has 0 aromatic carbocycles. The van der Waals surface area contributed by atoms with E-state index in [1.54, 1.807) is 0 Å². The SMILES string of the molecule is CC(C)(C)C1=CN=C2CCCCN2C1. The van der Waals surface area contributed by atoms with Crippen LogP contribution in [0.4, 0.5) is 0 Å². The average molecular weight is 192 g/mol. The molecule has 0 aromatic heterocycles. The molecule has 0 radical (unpaired) electrons. The van der Waals surface area contributed by atoms with Gasteiger partial charge < -0.3 is 4.90 Å². The quantitative estimate of drug-likeness (QED) is 0.576. The van der Waals surface area contributed by atoms with Crippen LogP contribution in [0.2, 0.25) is 0 Å². The fraction of sp³-hybridized carbons (Fsp3) is 0.750. The smallest absolute Gasteiger partial charge is 0.104 e. The predicted molar refractivity (Wildman–Crippen MR) is 60.4 cm³/mol. The van der Waals surface area contributed by atoms with Gasteiger partial charge >= 0.3 is 0 Å². The van der Waals surface area contributed by atoms with Gasteiger partial charge in [0.15, 0.2) is 0 Å². The van der Waals surface area contributed by atoms with E-state index in [0.717, 1.165) is 6.54 Å². The highest BCUT2D eigenvalue weighted by Crippen LogP contribution is 2.29. The maximum Gasteiger partial charge on any atom is 0.104 e. The van der Waals surface area contributed by atoms with Gasteiger partial charge in [0.25, 0.3) is 0 Å². The van der Waals surface area contributed by atoms with Crippen LogP contribution < -0.4 is 0 Å². The Bertz CT molecular complexity index is 281. The second kappa shape index (κ2) is 3.41. The van der Waals surface area contributed by atoms with Crippen LogP contribution in [0.5, 0.6) is 0 Å². The number of hydrogen-bond acceptors (Lipinski definition) is 2. The molecular weight excluding hydrogens is 172 g/mol. The van der Waals surface area contributed by atoms with Gasteiger partial charge in [-0.1, -0.05) is 20.8 Å². The summed E-state index contributed by atoms with van der Waals surface area (Å²) in [6, 6.07) is 0. The van der Waals surface area contributed by atoms with Gasteiger partial charge in [-0.25, -0.2) is 4.99 Å². The summed E-state index contributed by atoms with van der Waals surface area (Å²) in [5.41, 5.74) is 1.73. The van der Waals surface area contributed by atoms with Crippen LogP contribution in [0.25, 0.3) is 0 Å². The first kappa shape index (κ1) is 9.75. The molecule has 0 N–H and O–H groups in total. The molecule has 2 heteroatoms. The van der Waals surface area contributed by atoms with Gasteiger partial charge in [-0.05, 0) is 23.8 Å². The molecule has 2 aliphatic heterocycles. The Morgan fingerprint density at radius 2 is 2.07 bits per heavy atom. The number of nitrogens with zero attached hydrogens (tertiary/aromatic N) is 2. The molecule has 14 heavy (non-hydrogen) atoms. The van der Waals surface area contributed by atoms with Crippen molar-refractivity contribution in [1.29, 1.82) is 0 Å². The lowest BCUT2D eigenvalue weighted by Gasteiger charge is -2.36. The second-order valence-corrected chi connectivity index (χ2v) is 5.33. The number of piperidine rings is 1. The summed E-state index contributed by atoms with van der Waals surface area (Å²) < 4.78 is 0. The Morgan fingerprint density at radius 1 is 1.29 bits per heavy atom. The fourth-order valence-electron chi connectivity index (χ4n) is 2.02. The van der Waals surface area contributed by atoms with E-state index in [1.165, 1.54) is 37.2 Å². The minimum atomic E-state index is 0.270. The lowest BCUT2D eigenvalue weighted by Crippen LogP contribution is -2.40. The fourth-order valence-corrected chi connectivity index (χ4v) is 2.02. The summed E-state index contributed by atoms with van der Waals surface area (Å²) in [5.74, 6) is 1.31. The van der Waals surface area contributed by atoms with Gasteiger partial charge in [0.05, 0.1) is 0 Å². The van der Waals surface area contributed by atoms with Gasteiger partial charge in [0, 0.05) is 25.7 Å². The molecule has 78 valence electrons. The van der Waals surface area contributed by atoms with Crippen molar-refractivity contribution in [2.45, 2.75) is 40.0 Å². The molecule has 1 fully saturated rings. The zero-order chi connectivity index (χ0) is 10.2. The summed E-state index contributed by atoms with van der Waals surface area (Å²) in [7, 11) is 0. The highest BCUT2D eigenvalue weighted by molar-refractivity contribution is 5.84. The van der Waals surface area contributed by atoms with E-state index in [9.17, 15) is 0 Å². The van der Waals surface area contributed by atoms with E-state index >= 15 is 0 Å². The molecule has 0 saturated carbocycles. The minimum Gasteiger partial charge on any atom is -0.356 e. The van der Waals surface area contributed by atoms with Crippen molar-refractivity contribution >= 4 is 5.84 Å². The summed E-state index contributed by atoms with van der Waals surface area (Å²) in [5, 5.41) is 0. The topological polar surface area (TPSA) is 15.6 Å². The summed E-state index contributed by atoms with van der Waals surface area (Å²) in [6.45, 7) is 9.10. The summed E-state index contributed by atoms with van der Waals surface area (Å²) in [6.07, 6.45) is 5.91.